The average Bonchev–Trinajstić information content (AvgIpc) is 2.90. The van der Waals surface area contributed by atoms with E-state index in [9.17, 15) is 4.79 Å². The summed E-state index contributed by atoms with van der Waals surface area (Å²) in [6.45, 7) is 11.7. The Labute approximate surface area is 109 Å². The summed E-state index contributed by atoms with van der Waals surface area (Å²) in [7, 11) is 0. The molecule has 1 amide bonds. The number of hydrogen-bond donors (Lipinski definition) is 0. The number of rotatable bonds is 1. The third kappa shape index (κ3) is 1.43. The van der Waals surface area contributed by atoms with Crippen molar-refractivity contribution < 1.29 is 9.53 Å². The van der Waals surface area contributed by atoms with Crippen LogP contribution in [0.5, 0.6) is 0 Å². The second-order valence-electron chi connectivity index (χ2n) is 6.63. The maximum absolute atomic E-state index is 12.9. The second-order valence-corrected chi connectivity index (χ2v) is 6.63. The van der Waals surface area contributed by atoms with Crippen molar-refractivity contribution in [1.29, 1.82) is 0 Å². The van der Waals surface area contributed by atoms with E-state index in [0.717, 1.165) is 25.9 Å². The summed E-state index contributed by atoms with van der Waals surface area (Å²) in [5.41, 5.74) is 1.08. The molecule has 0 spiro atoms. The van der Waals surface area contributed by atoms with E-state index in [1.807, 2.05) is 4.90 Å². The van der Waals surface area contributed by atoms with Crippen LogP contribution in [0.2, 0.25) is 0 Å². The third-order valence-corrected chi connectivity index (χ3v) is 5.60. The number of ether oxygens (including phenoxy) is 1. The monoisotopic (exact) mass is 249 g/mol. The summed E-state index contributed by atoms with van der Waals surface area (Å²) in [5.74, 6) is 0.971. The SMILES string of the molecule is C=C1C(C)(C)[C@H]2CC[C@]1(C(=O)N1CCOCC1)C2. The van der Waals surface area contributed by atoms with Crippen LogP contribution in [0.3, 0.4) is 0 Å². The van der Waals surface area contributed by atoms with Gasteiger partial charge in [-0.15, -0.1) is 0 Å². The molecule has 3 nitrogen and oxygen atoms in total. The van der Waals surface area contributed by atoms with E-state index >= 15 is 0 Å². The Bertz CT molecular complexity index is 395. The molecule has 2 saturated carbocycles. The molecule has 1 heterocycles. The summed E-state index contributed by atoms with van der Waals surface area (Å²) < 4.78 is 5.34. The molecule has 3 heteroatoms. The van der Waals surface area contributed by atoms with Crippen LogP contribution < -0.4 is 0 Å². The molecule has 2 atom stereocenters. The highest BCUT2D eigenvalue weighted by Crippen LogP contribution is 2.65. The van der Waals surface area contributed by atoms with Gasteiger partial charge in [-0.2, -0.15) is 0 Å². The Morgan fingerprint density at radius 2 is 2.06 bits per heavy atom. The van der Waals surface area contributed by atoms with Crippen LogP contribution in [0, 0.1) is 16.7 Å². The minimum atomic E-state index is -0.245. The van der Waals surface area contributed by atoms with Gasteiger partial charge in [-0.05, 0) is 30.6 Å². The molecule has 1 aliphatic heterocycles. The minimum Gasteiger partial charge on any atom is -0.378 e. The highest BCUT2D eigenvalue weighted by Gasteiger charge is 2.61. The Morgan fingerprint density at radius 3 is 2.61 bits per heavy atom. The van der Waals surface area contributed by atoms with Gasteiger partial charge in [0, 0.05) is 13.1 Å². The number of amides is 1. The van der Waals surface area contributed by atoms with E-state index < -0.39 is 0 Å². The zero-order chi connectivity index (χ0) is 13.0. The van der Waals surface area contributed by atoms with E-state index in [2.05, 4.69) is 20.4 Å². The number of morpholine rings is 1. The van der Waals surface area contributed by atoms with E-state index in [0.29, 0.717) is 25.0 Å². The second kappa shape index (κ2) is 3.83. The molecular weight excluding hydrogens is 226 g/mol. The Kier molecular flexibility index (Phi) is 2.60. The fourth-order valence-electron chi connectivity index (χ4n) is 4.19. The van der Waals surface area contributed by atoms with Crippen molar-refractivity contribution in [2.45, 2.75) is 33.1 Å². The van der Waals surface area contributed by atoms with Crippen LogP contribution in [-0.4, -0.2) is 37.1 Å². The summed E-state index contributed by atoms with van der Waals surface area (Å²) in [6.07, 6.45) is 3.22. The number of nitrogens with zero attached hydrogens (tertiary/aromatic N) is 1. The predicted octanol–water partition coefficient (Wildman–Crippen LogP) is 2.23. The van der Waals surface area contributed by atoms with Gasteiger partial charge in [-0.3, -0.25) is 4.79 Å². The van der Waals surface area contributed by atoms with Gasteiger partial charge >= 0.3 is 0 Å². The molecule has 3 aliphatic rings. The molecule has 100 valence electrons. The minimum absolute atomic E-state index is 0.139. The van der Waals surface area contributed by atoms with Crippen molar-refractivity contribution in [2.24, 2.45) is 16.7 Å². The average molecular weight is 249 g/mol. The first kappa shape index (κ1) is 12.2. The summed E-state index contributed by atoms with van der Waals surface area (Å²) in [5, 5.41) is 0. The quantitative estimate of drug-likeness (QED) is 0.667. The molecule has 3 fully saturated rings. The van der Waals surface area contributed by atoms with Crippen molar-refractivity contribution in [3.8, 4) is 0 Å². The maximum atomic E-state index is 12.9. The first-order valence-corrected chi connectivity index (χ1v) is 7.05. The molecule has 0 radical (unpaired) electrons. The van der Waals surface area contributed by atoms with Crippen molar-refractivity contribution in [1.82, 2.24) is 4.90 Å². The van der Waals surface area contributed by atoms with Gasteiger partial charge in [-0.25, -0.2) is 0 Å². The van der Waals surface area contributed by atoms with Gasteiger partial charge in [0.1, 0.15) is 0 Å². The summed E-state index contributed by atoms with van der Waals surface area (Å²) in [6, 6.07) is 0. The molecule has 2 bridgehead atoms. The zero-order valence-corrected chi connectivity index (χ0v) is 11.5. The van der Waals surface area contributed by atoms with Crippen LogP contribution in [0.1, 0.15) is 33.1 Å². The molecule has 3 rings (SSSR count). The fraction of sp³-hybridized carbons (Fsp3) is 0.800. The number of fused-ring (bicyclic) bond motifs is 2. The molecule has 0 aromatic carbocycles. The van der Waals surface area contributed by atoms with E-state index in [1.165, 1.54) is 12.0 Å². The van der Waals surface area contributed by atoms with Crippen molar-refractivity contribution >= 4 is 5.91 Å². The fourth-order valence-corrected chi connectivity index (χ4v) is 4.19. The third-order valence-electron chi connectivity index (χ3n) is 5.60. The lowest BCUT2D eigenvalue weighted by Crippen LogP contribution is -2.48. The van der Waals surface area contributed by atoms with E-state index in [4.69, 9.17) is 4.74 Å². The van der Waals surface area contributed by atoms with Crippen molar-refractivity contribution in [2.75, 3.05) is 26.3 Å². The zero-order valence-electron chi connectivity index (χ0n) is 11.5. The first-order chi connectivity index (χ1) is 8.48. The molecule has 0 N–H and O–H groups in total. The van der Waals surface area contributed by atoms with Gasteiger partial charge in [0.05, 0.1) is 18.6 Å². The number of carbonyl (C=O) groups is 1. The number of hydrogen-bond acceptors (Lipinski definition) is 2. The van der Waals surface area contributed by atoms with Crippen LogP contribution in [0.15, 0.2) is 12.2 Å². The summed E-state index contributed by atoms with van der Waals surface area (Å²) >= 11 is 0. The van der Waals surface area contributed by atoms with Gasteiger partial charge in [0.2, 0.25) is 5.91 Å². The largest absolute Gasteiger partial charge is 0.378 e. The molecule has 0 aromatic rings. The Hall–Kier alpha value is -0.830. The lowest BCUT2D eigenvalue weighted by Gasteiger charge is -2.40. The summed E-state index contributed by atoms with van der Waals surface area (Å²) in [4.78, 5) is 14.9. The maximum Gasteiger partial charge on any atom is 0.233 e. The predicted molar refractivity (Wildman–Crippen MR) is 70.1 cm³/mol. The van der Waals surface area contributed by atoms with Crippen molar-refractivity contribution in [3.63, 3.8) is 0 Å². The molecule has 1 saturated heterocycles. The smallest absolute Gasteiger partial charge is 0.233 e. The molecule has 0 unspecified atom stereocenters. The van der Waals surface area contributed by atoms with Crippen LogP contribution in [0.25, 0.3) is 0 Å². The molecular formula is C15H23NO2. The van der Waals surface area contributed by atoms with Gasteiger partial charge in [0.25, 0.3) is 0 Å². The standard InChI is InChI=1S/C15H23NO2/c1-11-14(2,3)12-4-5-15(11,10-12)13(17)16-6-8-18-9-7-16/h12H,1,4-10H2,2-3H3/t12-,15-/m0/s1. The normalized spacial score (nSPS) is 38.2. The highest BCUT2D eigenvalue weighted by molar-refractivity contribution is 5.87. The number of carbonyl (C=O) groups excluding carboxylic acids is 1. The highest BCUT2D eigenvalue weighted by atomic mass is 16.5. The lowest BCUT2D eigenvalue weighted by atomic mass is 9.68. The lowest BCUT2D eigenvalue weighted by molar-refractivity contribution is -0.143. The molecule has 18 heavy (non-hydrogen) atoms. The van der Waals surface area contributed by atoms with Gasteiger partial charge in [0.15, 0.2) is 0 Å². The van der Waals surface area contributed by atoms with Crippen molar-refractivity contribution in [3.05, 3.63) is 12.2 Å². The van der Waals surface area contributed by atoms with Crippen LogP contribution in [0.4, 0.5) is 0 Å². The first-order valence-electron chi connectivity index (χ1n) is 7.05. The molecule has 2 aliphatic carbocycles. The van der Waals surface area contributed by atoms with E-state index in [1.54, 1.807) is 0 Å². The van der Waals surface area contributed by atoms with Gasteiger partial charge < -0.3 is 9.64 Å². The molecule has 0 aromatic heterocycles. The van der Waals surface area contributed by atoms with Gasteiger partial charge in [-0.1, -0.05) is 26.0 Å². The van der Waals surface area contributed by atoms with Crippen LogP contribution in [-0.2, 0) is 9.53 Å². The topological polar surface area (TPSA) is 29.5 Å². The van der Waals surface area contributed by atoms with Crippen LogP contribution >= 0.6 is 0 Å². The van der Waals surface area contributed by atoms with E-state index in [-0.39, 0.29) is 10.8 Å². The Balaban J connectivity index is 1.87. The Morgan fingerprint density at radius 1 is 1.39 bits per heavy atom.